The zero-order valence-electron chi connectivity index (χ0n) is 19.3. The number of nitrogens with zero attached hydrogens (tertiary/aromatic N) is 3. The van der Waals surface area contributed by atoms with Crippen molar-refractivity contribution in [2.75, 3.05) is 5.75 Å². The molecule has 0 spiro atoms. The van der Waals surface area contributed by atoms with Crippen LogP contribution in [0.4, 0.5) is 0 Å². The molecule has 1 aliphatic carbocycles. The van der Waals surface area contributed by atoms with Crippen molar-refractivity contribution in [2.24, 2.45) is 0 Å². The third-order valence-corrected chi connectivity index (χ3v) is 6.72. The van der Waals surface area contributed by atoms with E-state index in [0.29, 0.717) is 18.4 Å². The topological polar surface area (TPSA) is 69.0 Å². The summed E-state index contributed by atoms with van der Waals surface area (Å²) in [5, 5.41) is 12.6. The zero-order valence-corrected chi connectivity index (χ0v) is 20.1. The van der Waals surface area contributed by atoms with Gasteiger partial charge in [-0.25, -0.2) is 0 Å². The maximum absolute atomic E-state index is 12.4. The molecule has 6 nitrogen and oxygen atoms in total. The molecule has 0 unspecified atom stereocenters. The maximum atomic E-state index is 12.4. The molecule has 0 saturated heterocycles. The number of aromatic nitrogens is 3. The van der Waals surface area contributed by atoms with Crippen molar-refractivity contribution in [3.8, 4) is 5.75 Å². The van der Waals surface area contributed by atoms with Crippen LogP contribution in [0.5, 0.6) is 5.75 Å². The molecule has 2 aromatic rings. The Labute approximate surface area is 190 Å². The lowest BCUT2D eigenvalue weighted by Crippen LogP contribution is -2.35. The summed E-state index contributed by atoms with van der Waals surface area (Å²) in [6, 6.07) is 8.54. The van der Waals surface area contributed by atoms with Gasteiger partial charge in [0.15, 0.2) is 11.0 Å². The van der Waals surface area contributed by atoms with E-state index in [1.54, 1.807) is 0 Å². The normalized spacial score (nSPS) is 15.5. The number of benzene rings is 1. The van der Waals surface area contributed by atoms with E-state index in [-0.39, 0.29) is 11.3 Å². The van der Waals surface area contributed by atoms with Crippen molar-refractivity contribution in [3.63, 3.8) is 0 Å². The first kappa shape index (κ1) is 23.6. The van der Waals surface area contributed by atoms with Gasteiger partial charge in [-0.1, -0.05) is 70.3 Å². The van der Waals surface area contributed by atoms with Gasteiger partial charge in [-0.05, 0) is 42.9 Å². The minimum Gasteiger partial charge on any atom is -0.486 e. The Morgan fingerprint density at radius 2 is 1.81 bits per heavy atom. The number of hydrogen-bond donors (Lipinski definition) is 1. The predicted octanol–water partition coefficient (Wildman–Crippen LogP) is 5.11. The van der Waals surface area contributed by atoms with Gasteiger partial charge in [-0.2, -0.15) is 0 Å². The smallest absolute Gasteiger partial charge is 0.230 e. The van der Waals surface area contributed by atoms with E-state index in [9.17, 15) is 4.79 Å². The van der Waals surface area contributed by atoms with Crippen LogP contribution in [0.2, 0.25) is 0 Å². The standard InChI is InChI=1S/C24H36N4O2S/c1-5-28-21(16-30-20-14-12-18(13-15-20)24(2,3)4)26-27-23(28)31-17-22(29)25-19-10-8-6-7-9-11-19/h12-15,19H,5-11,16-17H2,1-4H3,(H,25,29). The fourth-order valence-electron chi connectivity index (χ4n) is 3.87. The number of nitrogens with one attached hydrogen (secondary N) is 1. The fraction of sp³-hybridized carbons (Fsp3) is 0.625. The highest BCUT2D eigenvalue weighted by atomic mass is 32.2. The summed E-state index contributed by atoms with van der Waals surface area (Å²) in [5.41, 5.74) is 1.40. The summed E-state index contributed by atoms with van der Waals surface area (Å²) in [5.74, 6) is 2.04. The van der Waals surface area contributed by atoms with E-state index >= 15 is 0 Å². The van der Waals surface area contributed by atoms with Gasteiger partial charge < -0.3 is 14.6 Å². The predicted molar refractivity (Wildman–Crippen MR) is 126 cm³/mol. The molecule has 3 rings (SSSR count). The Hall–Kier alpha value is -2.02. The summed E-state index contributed by atoms with van der Waals surface area (Å²) in [7, 11) is 0. The van der Waals surface area contributed by atoms with Crippen LogP contribution >= 0.6 is 11.8 Å². The molecule has 0 atom stereocenters. The second kappa shape index (κ2) is 11.0. The van der Waals surface area contributed by atoms with E-state index in [1.807, 2.05) is 16.7 Å². The average Bonchev–Trinajstić information content (AvgIpc) is 2.95. The minimum atomic E-state index is 0.0827. The number of carbonyl (C=O) groups is 1. The Bertz CT molecular complexity index is 834. The maximum Gasteiger partial charge on any atom is 0.230 e. The number of amides is 1. The highest BCUT2D eigenvalue weighted by molar-refractivity contribution is 7.99. The molecule has 1 fully saturated rings. The van der Waals surface area contributed by atoms with Crippen LogP contribution in [0.15, 0.2) is 29.4 Å². The van der Waals surface area contributed by atoms with Gasteiger partial charge in [0.1, 0.15) is 12.4 Å². The number of rotatable bonds is 8. The first-order chi connectivity index (χ1) is 14.9. The average molecular weight is 445 g/mol. The van der Waals surface area contributed by atoms with Gasteiger partial charge in [0, 0.05) is 12.6 Å². The van der Waals surface area contributed by atoms with E-state index < -0.39 is 0 Å². The Kier molecular flexibility index (Phi) is 8.41. The Balaban J connectivity index is 1.52. The molecule has 1 amide bonds. The van der Waals surface area contributed by atoms with E-state index in [0.717, 1.165) is 36.1 Å². The number of ether oxygens (including phenoxy) is 1. The molecule has 1 aliphatic rings. The third-order valence-electron chi connectivity index (χ3n) is 5.75. The van der Waals surface area contributed by atoms with Crippen LogP contribution in [0.1, 0.15) is 77.6 Å². The van der Waals surface area contributed by atoms with Crippen LogP contribution in [0, 0.1) is 0 Å². The molecule has 31 heavy (non-hydrogen) atoms. The van der Waals surface area contributed by atoms with Gasteiger partial charge in [-0.15, -0.1) is 10.2 Å². The van der Waals surface area contributed by atoms with Crippen LogP contribution < -0.4 is 10.1 Å². The van der Waals surface area contributed by atoms with Crippen molar-refractivity contribution < 1.29 is 9.53 Å². The van der Waals surface area contributed by atoms with Crippen molar-refractivity contribution in [1.82, 2.24) is 20.1 Å². The molecule has 7 heteroatoms. The number of hydrogen-bond acceptors (Lipinski definition) is 5. The second-order valence-electron chi connectivity index (χ2n) is 9.25. The zero-order chi connectivity index (χ0) is 22.3. The van der Waals surface area contributed by atoms with Crippen LogP contribution in [0.3, 0.4) is 0 Å². The summed E-state index contributed by atoms with van der Waals surface area (Å²) < 4.78 is 7.96. The van der Waals surface area contributed by atoms with Crippen molar-refractivity contribution in [2.45, 2.75) is 96.0 Å². The lowest BCUT2D eigenvalue weighted by atomic mass is 9.87. The van der Waals surface area contributed by atoms with Gasteiger partial charge in [0.05, 0.1) is 5.75 Å². The highest BCUT2D eigenvalue weighted by Crippen LogP contribution is 2.25. The SMILES string of the molecule is CCn1c(COc2ccc(C(C)(C)C)cc2)nnc1SCC(=O)NC1CCCCCC1. The van der Waals surface area contributed by atoms with E-state index in [4.69, 9.17) is 4.74 Å². The van der Waals surface area contributed by atoms with Crippen LogP contribution in [0.25, 0.3) is 0 Å². The van der Waals surface area contributed by atoms with Gasteiger partial charge in [-0.3, -0.25) is 4.79 Å². The Morgan fingerprint density at radius 3 is 2.42 bits per heavy atom. The van der Waals surface area contributed by atoms with Crippen molar-refractivity contribution in [1.29, 1.82) is 0 Å². The molecule has 1 aromatic heterocycles. The summed E-state index contributed by atoms with van der Waals surface area (Å²) in [6.07, 6.45) is 7.19. The molecular weight excluding hydrogens is 408 g/mol. The number of carbonyl (C=O) groups excluding carboxylic acids is 1. The number of thioether (sulfide) groups is 1. The van der Waals surface area contributed by atoms with Crippen LogP contribution in [-0.4, -0.2) is 32.5 Å². The molecule has 1 N–H and O–H groups in total. The highest BCUT2D eigenvalue weighted by Gasteiger charge is 2.18. The molecule has 0 bridgehead atoms. The molecule has 0 radical (unpaired) electrons. The molecular formula is C24H36N4O2S. The quantitative estimate of drug-likeness (QED) is 0.453. The van der Waals surface area contributed by atoms with Crippen LogP contribution in [-0.2, 0) is 23.4 Å². The first-order valence-corrected chi connectivity index (χ1v) is 12.4. The summed E-state index contributed by atoms with van der Waals surface area (Å²) in [4.78, 5) is 12.4. The van der Waals surface area contributed by atoms with E-state index in [1.165, 1.54) is 43.0 Å². The molecule has 170 valence electrons. The van der Waals surface area contributed by atoms with E-state index in [2.05, 4.69) is 55.3 Å². The van der Waals surface area contributed by atoms with Crippen molar-refractivity contribution in [3.05, 3.63) is 35.7 Å². The molecule has 0 aliphatic heterocycles. The molecule has 1 saturated carbocycles. The molecule has 1 heterocycles. The lowest BCUT2D eigenvalue weighted by Gasteiger charge is -2.19. The fourth-order valence-corrected chi connectivity index (χ4v) is 4.70. The van der Waals surface area contributed by atoms with Gasteiger partial charge in [0.2, 0.25) is 5.91 Å². The Morgan fingerprint density at radius 1 is 1.13 bits per heavy atom. The molecule has 1 aromatic carbocycles. The third kappa shape index (κ3) is 6.99. The lowest BCUT2D eigenvalue weighted by molar-refractivity contribution is -0.119. The first-order valence-electron chi connectivity index (χ1n) is 11.4. The largest absolute Gasteiger partial charge is 0.486 e. The second-order valence-corrected chi connectivity index (χ2v) is 10.2. The van der Waals surface area contributed by atoms with Gasteiger partial charge >= 0.3 is 0 Å². The van der Waals surface area contributed by atoms with Gasteiger partial charge in [0.25, 0.3) is 0 Å². The summed E-state index contributed by atoms with van der Waals surface area (Å²) in [6.45, 7) is 9.74. The van der Waals surface area contributed by atoms with Crippen molar-refractivity contribution >= 4 is 17.7 Å². The summed E-state index contributed by atoms with van der Waals surface area (Å²) >= 11 is 1.44. The monoisotopic (exact) mass is 444 g/mol. The minimum absolute atomic E-state index is 0.0827.